The second-order valence-corrected chi connectivity index (χ2v) is 13.8. The van der Waals surface area contributed by atoms with Gasteiger partial charge in [0, 0.05) is 17.8 Å². The number of carbonyl (C=O) groups is 1. The van der Waals surface area contributed by atoms with E-state index in [9.17, 15) is 9.90 Å². The summed E-state index contributed by atoms with van der Waals surface area (Å²) in [7, 11) is 0. The molecule has 5 rings (SSSR count). The molecule has 5 heteroatoms. The fourth-order valence-electron chi connectivity index (χ4n) is 10.1. The molecule has 2 unspecified atom stereocenters. The van der Waals surface area contributed by atoms with Crippen molar-refractivity contribution in [1.82, 2.24) is 0 Å². The predicted octanol–water partition coefficient (Wildman–Crippen LogP) is 6.94. The maximum atomic E-state index is 11.2. The number of nitrogens with two attached hydrogens (primary N) is 2. The van der Waals surface area contributed by atoms with Crippen LogP contribution in [0.15, 0.2) is 18.2 Å². The van der Waals surface area contributed by atoms with Gasteiger partial charge in [0.2, 0.25) is 0 Å². The molecule has 4 saturated carbocycles. The van der Waals surface area contributed by atoms with Crippen LogP contribution in [-0.4, -0.2) is 23.8 Å². The molecule has 1 aromatic carbocycles. The molecule has 0 aromatic heterocycles. The number of aliphatic carboxylic acids is 1. The fourth-order valence-corrected chi connectivity index (χ4v) is 10.1. The van der Waals surface area contributed by atoms with Crippen LogP contribution in [-0.2, 0) is 16.0 Å². The summed E-state index contributed by atoms with van der Waals surface area (Å²) >= 11 is 0. The lowest BCUT2D eigenvalue weighted by atomic mass is 9.44. The molecule has 0 saturated heterocycles. The van der Waals surface area contributed by atoms with Crippen LogP contribution in [0.3, 0.4) is 0 Å². The molecule has 5 nitrogen and oxygen atoms in total. The maximum absolute atomic E-state index is 11.2. The minimum Gasteiger partial charge on any atom is -0.481 e. The van der Waals surface area contributed by atoms with E-state index in [1.165, 1.54) is 57.8 Å². The number of benzene rings is 1. The van der Waals surface area contributed by atoms with Crippen LogP contribution in [0.2, 0.25) is 0 Å². The molecule has 4 fully saturated rings. The molecule has 0 heterocycles. The third-order valence-electron chi connectivity index (χ3n) is 12.0. The van der Waals surface area contributed by atoms with E-state index < -0.39 is 5.97 Å². The molecule has 37 heavy (non-hydrogen) atoms. The Kier molecular flexibility index (Phi) is 7.57. The van der Waals surface area contributed by atoms with Crippen LogP contribution in [0.1, 0.15) is 97.0 Å². The molecule has 0 amide bonds. The maximum Gasteiger partial charge on any atom is 0.303 e. The summed E-state index contributed by atoms with van der Waals surface area (Å²) in [6, 6.07) is 5.83. The van der Waals surface area contributed by atoms with Gasteiger partial charge in [0.25, 0.3) is 0 Å². The first-order chi connectivity index (χ1) is 17.6. The van der Waals surface area contributed by atoms with Gasteiger partial charge in [-0.2, -0.15) is 0 Å². The second kappa shape index (κ2) is 10.4. The molecule has 9 atom stereocenters. The van der Waals surface area contributed by atoms with Crippen molar-refractivity contribution < 1.29 is 14.6 Å². The molecule has 4 aliphatic carbocycles. The van der Waals surface area contributed by atoms with Gasteiger partial charge in [-0.25, -0.2) is 0 Å². The predicted molar refractivity (Wildman–Crippen MR) is 150 cm³/mol. The van der Waals surface area contributed by atoms with E-state index in [0.29, 0.717) is 35.2 Å². The number of hydrogen-bond acceptors (Lipinski definition) is 4. The highest BCUT2D eigenvalue weighted by atomic mass is 16.5. The number of carboxylic acid groups (broad SMARTS) is 1. The van der Waals surface area contributed by atoms with Crippen LogP contribution in [0.5, 0.6) is 0 Å². The van der Waals surface area contributed by atoms with Crippen LogP contribution < -0.4 is 11.5 Å². The standard InChI is InChI=1S/C32H50N2O3/c1-20(4-9-30(35)36)27-7-8-28-26-6-5-22-18-25(37-15-12-21-16-23(33)19-24(34)17-21)10-13-31(22,2)29(26)11-14-32(27,28)3/h16-17,19-20,22,25-29H,4-15,18,33-34H2,1-3H3,(H,35,36)/t20-,22?,25?,26+,27-,28+,29+,31+,32-/m1/s1. The molecule has 4 aliphatic rings. The number of hydrogen-bond donors (Lipinski definition) is 3. The molecule has 0 spiro atoms. The van der Waals surface area contributed by atoms with Crippen LogP contribution >= 0.6 is 0 Å². The van der Waals surface area contributed by atoms with Crippen molar-refractivity contribution in [2.45, 2.75) is 104 Å². The highest BCUT2D eigenvalue weighted by molar-refractivity contribution is 5.66. The largest absolute Gasteiger partial charge is 0.481 e. The van der Waals surface area contributed by atoms with E-state index in [1.807, 2.05) is 18.2 Å². The lowest BCUT2D eigenvalue weighted by Gasteiger charge is -2.61. The van der Waals surface area contributed by atoms with E-state index in [2.05, 4.69) is 20.8 Å². The van der Waals surface area contributed by atoms with Crippen LogP contribution in [0.25, 0.3) is 0 Å². The fraction of sp³-hybridized carbons (Fsp3) is 0.781. The number of fused-ring (bicyclic) bond motifs is 5. The highest BCUT2D eigenvalue weighted by Gasteiger charge is 2.60. The average molecular weight is 511 g/mol. The Morgan fingerprint density at radius 3 is 2.43 bits per heavy atom. The number of nitrogen functional groups attached to an aromatic ring is 2. The van der Waals surface area contributed by atoms with Crippen molar-refractivity contribution in [1.29, 1.82) is 0 Å². The van der Waals surface area contributed by atoms with Gasteiger partial charge in [0.05, 0.1) is 12.7 Å². The van der Waals surface area contributed by atoms with E-state index in [0.717, 1.165) is 60.1 Å². The Balaban J connectivity index is 1.18. The van der Waals surface area contributed by atoms with Gasteiger partial charge in [-0.1, -0.05) is 20.8 Å². The SMILES string of the molecule is C[C@H](CCC(=O)O)[C@H]1CC[C@H]2[C@@H]3CCC4CC(OCCc5cc(N)cc(N)c5)CC[C@]4(C)[C@H]3CC[C@]12C. The first-order valence-electron chi connectivity index (χ1n) is 15.1. The van der Waals surface area contributed by atoms with Crippen molar-refractivity contribution in [3.8, 4) is 0 Å². The number of anilines is 2. The summed E-state index contributed by atoms with van der Waals surface area (Å²) < 4.78 is 6.44. The Morgan fingerprint density at radius 2 is 1.70 bits per heavy atom. The monoisotopic (exact) mass is 510 g/mol. The van der Waals surface area contributed by atoms with Crippen molar-refractivity contribution in [2.75, 3.05) is 18.1 Å². The molecule has 0 radical (unpaired) electrons. The molecule has 0 bridgehead atoms. The first kappa shape index (κ1) is 26.8. The van der Waals surface area contributed by atoms with E-state index in [4.69, 9.17) is 16.2 Å². The number of carboxylic acids is 1. The van der Waals surface area contributed by atoms with Gasteiger partial charge in [0.15, 0.2) is 0 Å². The molecule has 5 N–H and O–H groups in total. The molecule has 0 aliphatic heterocycles. The summed E-state index contributed by atoms with van der Waals surface area (Å²) in [6.07, 6.45) is 14.2. The van der Waals surface area contributed by atoms with E-state index >= 15 is 0 Å². The summed E-state index contributed by atoms with van der Waals surface area (Å²) in [4.78, 5) is 11.2. The van der Waals surface area contributed by atoms with Gasteiger partial charge in [-0.3, -0.25) is 4.79 Å². The summed E-state index contributed by atoms with van der Waals surface area (Å²) in [5, 5.41) is 9.22. The quantitative estimate of drug-likeness (QED) is 0.329. The first-order valence-corrected chi connectivity index (χ1v) is 15.1. The lowest BCUT2D eigenvalue weighted by Crippen LogP contribution is -2.54. The number of ether oxygens (including phenoxy) is 1. The number of rotatable bonds is 8. The molecule has 206 valence electrons. The Morgan fingerprint density at radius 1 is 1.00 bits per heavy atom. The zero-order valence-electron chi connectivity index (χ0n) is 23.4. The van der Waals surface area contributed by atoms with E-state index in [1.54, 1.807) is 0 Å². The van der Waals surface area contributed by atoms with Crippen molar-refractivity contribution >= 4 is 17.3 Å². The van der Waals surface area contributed by atoms with Gasteiger partial charge in [-0.15, -0.1) is 0 Å². The summed E-state index contributed by atoms with van der Waals surface area (Å²) in [5.41, 5.74) is 15.4. The topological polar surface area (TPSA) is 98.6 Å². The van der Waals surface area contributed by atoms with Crippen molar-refractivity contribution in [3.63, 3.8) is 0 Å². The van der Waals surface area contributed by atoms with Gasteiger partial charge in [0.1, 0.15) is 0 Å². The smallest absolute Gasteiger partial charge is 0.303 e. The zero-order valence-corrected chi connectivity index (χ0v) is 23.4. The van der Waals surface area contributed by atoms with E-state index in [-0.39, 0.29) is 0 Å². The second-order valence-electron chi connectivity index (χ2n) is 13.8. The van der Waals surface area contributed by atoms with Crippen molar-refractivity contribution in [2.24, 2.45) is 46.3 Å². The Bertz CT molecular complexity index is 961. The lowest BCUT2D eigenvalue weighted by molar-refractivity contribution is -0.139. The average Bonchev–Trinajstić information content (AvgIpc) is 3.19. The van der Waals surface area contributed by atoms with Gasteiger partial charge < -0.3 is 21.3 Å². The summed E-state index contributed by atoms with van der Waals surface area (Å²) in [6.45, 7) is 8.28. The zero-order chi connectivity index (χ0) is 26.4. The molecular weight excluding hydrogens is 460 g/mol. The van der Waals surface area contributed by atoms with Crippen LogP contribution in [0.4, 0.5) is 11.4 Å². The Labute approximate surface area is 224 Å². The molecular formula is C32H50N2O3. The third kappa shape index (κ3) is 5.14. The van der Waals surface area contributed by atoms with Gasteiger partial charge in [-0.05, 0) is 141 Å². The minimum absolute atomic E-state index is 0.320. The van der Waals surface area contributed by atoms with Gasteiger partial charge >= 0.3 is 5.97 Å². The normalized spacial score (nSPS) is 39.9. The summed E-state index contributed by atoms with van der Waals surface area (Å²) in [5.74, 6) is 3.91. The molecule has 1 aromatic rings. The minimum atomic E-state index is -0.643. The third-order valence-corrected chi connectivity index (χ3v) is 12.0. The van der Waals surface area contributed by atoms with Crippen molar-refractivity contribution in [3.05, 3.63) is 23.8 Å². The highest BCUT2D eigenvalue weighted by Crippen LogP contribution is 2.68. The Hall–Kier alpha value is -1.75. The van der Waals surface area contributed by atoms with Crippen LogP contribution in [0, 0.1) is 46.3 Å².